The second-order valence-corrected chi connectivity index (χ2v) is 10.2. The van der Waals surface area contributed by atoms with E-state index in [0.717, 1.165) is 6.92 Å². The molecule has 0 aliphatic carbocycles. The van der Waals surface area contributed by atoms with Crippen molar-refractivity contribution in [2.75, 3.05) is 6.61 Å². The zero-order valence-corrected chi connectivity index (χ0v) is 23.9. The van der Waals surface area contributed by atoms with Gasteiger partial charge in [-0.15, -0.1) is 0 Å². The molecule has 220 valence electrons. The highest BCUT2D eigenvalue weighted by atomic mass is 16.6. The van der Waals surface area contributed by atoms with Gasteiger partial charge in [-0.3, -0.25) is 19.2 Å². The van der Waals surface area contributed by atoms with Crippen LogP contribution in [0.2, 0.25) is 0 Å². The Morgan fingerprint density at radius 2 is 1.82 bits per heavy atom. The number of esters is 5. The number of pyridine rings is 1. The summed E-state index contributed by atoms with van der Waals surface area (Å²) >= 11 is 0. The van der Waals surface area contributed by atoms with E-state index >= 15 is 0 Å². The SMILES string of the molecule is CCC1C(=O)OCC(NC(=O)c2nccc(C)c2OC(=O)C(C)(C)OC(C)=O)C(=O)OC(C)C1OC(=O)C(C)C. The maximum atomic E-state index is 13.2. The van der Waals surface area contributed by atoms with Crippen molar-refractivity contribution in [3.05, 3.63) is 23.5 Å². The molecule has 40 heavy (non-hydrogen) atoms. The van der Waals surface area contributed by atoms with E-state index in [2.05, 4.69) is 10.3 Å². The summed E-state index contributed by atoms with van der Waals surface area (Å²) in [6, 6.07) is 0.0265. The third-order valence-corrected chi connectivity index (χ3v) is 6.01. The first-order chi connectivity index (χ1) is 18.6. The van der Waals surface area contributed by atoms with Gasteiger partial charge in [-0.2, -0.15) is 0 Å². The second-order valence-electron chi connectivity index (χ2n) is 10.2. The Morgan fingerprint density at radius 1 is 1.18 bits per heavy atom. The average Bonchev–Trinajstić information content (AvgIpc) is 2.88. The summed E-state index contributed by atoms with van der Waals surface area (Å²) in [5.74, 6) is -6.49. The average molecular weight is 565 g/mol. The number of hydrogen-bond donors (Lipinski definition) is 1. The molecule has 4 atom stereocenters. The maximum absolute atomic E-state index is 13.2. The molecule has 1 aromatic rings. The number of hydrogen-bond acceptors (Lipinski definition) is 12. The Kier molecular flexibility index (Phi) is 10.7. The van der Waals surface area contributed by atoms with Gasteiger partial charge in [0.15, 0.2) is 23.6 Å². The van der Waals surface area contributed by atoms with Gasteiger partial charge in [0.05, 0.1) is 11.8 Å². The van der Waals surface area contributed by atoms with Crippen LogP contribution in [0.4, 0.5) is 0 Å². The Bertz CT molecular complexity index is 1160. The lowest BCUT2D eigenvalue weighted by atomic mass is 9.95. The van der Waals surface area contributed by atoms with Gasteiger partial charge in [-0.1, -0.05) is 20.8 Å². The lowest BCUT2D eigenvalue weighted by Gasteiger charge is -2.29. The third kappa shape index (κ3) is 7.99. The summed E-state index contributed by atoms with van der Waals surface area (Å²) < 4.78 is 26.7. The fourth-order valence-electron chi connectivity index (χ4n) is 3.76. The third-order valence-electron chi connectivity index (χ3n) is 6.01. The Hall–Kier alpha value is -4.03. The van der Waals surface area contributed by atoms with E-state index in [1.807, 2.05) is 0 Å². The molecule has 1 saturated heterocycles. The van der Waals surface area contributed by atoms with Crippen molar-refractivity contribution < 1.29 is 52.5 Å². The van der Waals surface area contributed by atoms with Crippen molar-refractivity contribution in [3.63, 3.8) is 0 Å². The fraction of sp³-hybridized carbons (Fsp3) is 0.593. The molecule has 0 bridgehead atoms. The number of rotatable bonds is 8. The van der Waals surface area contributed by atoms with Crippen molar-refractivity contribution in [1.29, 1.82) is 0 Å². The Balaban J connectivity index is 2.31. The van der Waals surface area contributed by atoms with Crippen LogP contribution < -0.4 is 10.1 Å². The molecule has 1 aromatic heterocycles. The number of aryl methyl sites for hydroxylation is 1. The minimum atomic E-state index is -1.67. The highest BCUT2D eigenvalue weighted by Crippen LogP contribution is 2.26. The quantitative estimate of drug-likeness (QED) is 0.359. The molecule has 4 unspecified atom stereocenters. The molecule has 1 aliphatic rings. The van der Waals surface area contributed by atoms with E-state index < -0.39 is 78.0 Å². The van der Waals surface area contributed by atoms with Crippen LogP contribution in [0.15, 0.2) is 12.3 Å². The summed E-state index contributed by atoms with van der Waals surface area (Å²) in [6.07, 6.45) is -0.612. The molecule has 0 radical (unpaired) electrons. The molecular weight excluding hydrogens is 528 g/mol. The summed E-state index contributed by atoms with van der Waals surface area (Å²) in [7, 11) is 0. The van der Waals surface area contributed by atoms with Crippen LogP contribution in [-0.2, 0) is 42.9 Å². The zero-order chi connectivity index (χ0) is 30.4. The van der Waals surface area contributed by atoms with Crippen molar-refractivity contribution >= 4 is 35.8 Å². The fourth-order valence-corrected chi connectivity index (χ4v) is 3.76. The van der Waals surface area contributed by atoms with E-state index in [0.29, 0.717) is 5.56 Å². The number of cyclic esters (lactones) is 2. The molecule has 1 N–H and O–H groups in total. The first-order valence-electron chi connectivity index (χ1n) is 12.8. The van der Waals surface area contributed by atoms with Gasteiger partial charge in [-0.25, -0.2) is 14.6 Å². The number of ether oxygens (including phenoxy) is 5. The summed E-state index contributed by atoms with van der Waals surface area (Å²) in [4.78, 5) is 79.4. The van der Waals surface area contributed by atoms with Crippen LogP contribution in [0.5, 0.6) is 5.75 Å². The van der Waals surface area contributed by atoms with Gasteiger partial charge < -0.3 is 29.0 Å². The van der Waals surface area contributed by atoms with E-state index in [1.165, 1.54) is 33.0 Å². The molecule has 13 heteroatoms. The molecule has 13 nitrogen and oxygen atoms in total. The predicted octanol–water partition coefficient (Wildman–Crippen LogP) is 1.82. The van der Waals surface area contributed by atoms with Crippen molar-refractivity contribution in [3.8, 4) is 5.75 Å². The first-order valence-corrected chi connectivity index (χ1v) is 12.8. The highest BCUT2D eigenvalue weighted by Gasteiger charge is 2.41. The van der Waals surface area contributed by atoms with Crippen molar-refractivity contribution in [2.45, 2.75) is 85.7 Å². The van der Waals surface area contributed by atoms with Gasteiger partial charge >= 0.3 is 29.8 Å². The van der Waals surface area contributed by atoms with Crippen LogP contribution in [-0.4, -0.2) is 71.2 Å². The number of nitrogens with one attached hydrogen (secondary N) is 1. The minimum absolute atomic E-state index is 0.223. The van der Waals surface area contributed by atoms with Crippen LogP contribution in [0, 0.1) is 18.8 Å². The normalized spacial score (nSPS) is 21.6. The van der Waals surface area contributed by atoms with Crippen LogP contribution in [0.1, 0.15) is 70.9 Å². The number of amides is 1. The van der Waals surface area contributed by atoms with Gasteiger partial charge in [0, 0.05) is 13.1 Å². The summed E-state index contributed by atoms with van der Waals surface area (Å²) in [6.45, 7) is 11.2. The predicted molar refractivity (Wildman–Crippen MR) is 137 cm³/mol. The molecular formula is C27H36N2O11. The number of carbonyl (C=O) groups is 6. The number of nitrogens with zero attached hydrogens (tertiary/aromatic N) is 1. The molecule has 2 rings (SSSR count). The standard InChI is InChI=1S/C27H36N2O11/c1-9-17-21(38-23(32)13(2)3)15(5)37-25(34)18(12-36-24(17)33)29-22(31)19-20(14(4)10-11-28-19)39-26(35)27(7,8)40-16(6)30/h10-11,13,15,17-18,21H,9,12H2,1-8H3,(H,29,31). The van der Waals surface area contributed by atoms with Crippen LogP contribution >= 0.6 is 0 Å². The lowest BCUT2D eigenvalue weighted by Crippen LogP contribution is -2.47. The molecule has 1 fully saturated rings. The highest BCUT2D eigenvalue weighted by molar-refractivity contribution is 5.99. The number of aromatic nitrogens is 1. The first kappa shape index (κ1) is 32.2. The largest absolute Gasteiger partial charge is 0.463 e. The maximum Gasteiger partial charge on any atom is 0.355 e. The van der Waals surface area contributed by atoms with E-state index in [9.17, 15) is 28.8 Å². The van der Waals surface area contributed by atoms with Crippen LogP contribution in [0.3, 0.4) is 0 Å². The van der Waals surface area contributed by atoms with Crippen LogP contribution in [0.25, 0.3) is 0 Å². The smallest absolute Gasteiger partial charge is 0.355 e. The molecule has 0 saturated carbocycles. The molecule has 0 spiro atoms. The van der Waals surface area contributed by atoms with E-state index in [1.54, 1.807) is 27.7 Å². The second kappa shape index (κ2) is 13.4. The topological polar surface area (TPSA) is 173 Å². The monoisotopic (exact) mass is 564 g/mol. The summed E-state index contributed by atoms with van der Waals surface area (Å²) in [5, 5.41) is 2.40. The minimum Gasteiger partial charge on any atom is -0.463 e. The Morgan fingerprint density at radius 3 is 2.40 bits per heavy atom. The molecule has 0 aromatic carbocycles. The molecule has 1 amide bonds. The van der Waals surface area contributed by atoms with Crippen molar-refractivity contribution in [2.24, 2.45) is 11.8 Å². The summed E-state index contributed by atoms with van der Waals surface area (Å²) in [5.41, 5.74) is -1.67. The number of carbonyl (C=O) groups excluding carboxylic acids is 6. The van der Waals surface area contributed by atoms with Crippen molar-refractivity contribution in [1.82, 2.24) is 10.3 Å². The Labute approximate surface area is 232 Å². The lowest BCUT2D eigenvalue weighted by molar-refractivity contribution is -0.176. The molecule has 1 aliphatic heterocycles. The zero-order valence-electron chi connectivity index (χ0n) is 23.9. The van der Waals surface area contributed by atoms with Gasteiger partial charge in [-0.05, 0) is 45.7 Å². The van der Waals surface area contributed by atoms with Gasteiger partial charge in [0.25, 0.3) is 5.91 Å². The molecule has 2 heterocycles. The van der Waals surface area contributed by atoms with Gasteiger partial charge in [0.2, 0.25) is 5.60 Å². The van der Waals surface area contributed by atoms with E-state index in [4.69, 9.17) is 23.7 Å². The van der Waals surface area contributed by atoms with Gasteiger partial charge in [0.1, 0.15) is 12.7 Å². The van der Waals surface area contributed by atoms with E-state index in [-0.39, 0.29) is 17.9 Å².